The van der Waals surface area contributed by atoms with Gasteiger partial charge in [0.05, 0.1) is 52.9 Å². The molecular weight excluding hydrogens is 608 g/mol. The van der Waals surface area contributed by atoms with Crippen LogP contribution < -0.4 is 10.6 Å². The summed E-state index contributed by atoms with van der Waals surface area (Å²) < 4.78 is 36.3. The number of benzene rings is 1. The van der Waals surface area contributed by atoms with Crippen molar-refractivity contribution in [3.05, 3.63) is 41.2 Å². The molecule has 4 aliphatic heterocycles. The fourth-order valence-electron chi connectivity index (χ4n) is 6.81. The van der Waals surface area contributed by atoms with E-state index in [1.54, 1.807) is 0 Å². The van der Waals surface area contributed by atoms with Crippen molar-refractivity contribution in [2.75, 3.05) is 105 Å². The van der Waals surface area contributed by atoms with Gasteiger partial charge in [-0.15, -0.1) is 0 Å². The van der Waals surface area contributed by atoms with Crippen molar-refractivity contribution in [1.29, 1.82) is 0 Å². The van der Waals surface area contributed by atoms with E-state index in [-0.39, 0.29) is 0 Å². The van der Waals surface area contributed by atoms with Gasteiger partial charge in [-0.1, -0.05) is 41.3 Å². The van der Waals surface area contributed by atoms with Gasteiger partial charge in [-0.3, -0.25) is 18.7 Å². The van der Waals surface area contributed by atoms with Crippen LogP contribution in [0.25, 0.3) is 5.69 Å². The first-order chi connectivity index (χ1) is 20.4. The molecule has 0 radical (unpaired) electrons. The number of rotatable bonds is 7. The molecule has 4 aliphatic rings. The summed E-state index contributed by atoms with van der Waals surface area (Å²) >= 11 is 14.2. The van der Waals surface area contributed by atoms with Crippen LogP contribution in [0.5, 0.6) is 0 Å². The molecule has 0 aliphatic carbocycles. The van der Waals surface area contributed by atoms with Gasteiger partial charge < -0.3 is 23.5 Å². The van der Waals surface area contributed by atoms with E-state index in [0.29, 0.717) is 52.9 Å². The smallest absolute Gasteiger partial charge is 0.109 e. The zero-order chi connectivity index (χ0) is 29.3. The van der Waals surface area contributed by atoms with Gasteiger partial charge in [-0.25, -0.2) is 0 Å². The van der Waals surface area contributed by atoms with Crippen LogP contribution in [0.4, 0.5) is 0 Å². The minimum Gasteiger partial charge on any atom is -0.379 e. The Morgan fingerprint density at radius 3 is 1.07 bits per heavy atom. The van der Waals surface area contributed by atoms with Crippen molar-refractivity contribution < 1.29 is 18.9 Å². The highest BCUT2D eigenvalue weighted by Crippen LogP contribution is 2.60. The predicted molar refractivity (Wildman–Crippen MR) is 177 cm³/mol. The molecule has 2 aromatic rings. The van der Waals surface area contributed by atoms with Crippen molar-refractivity contribution in [1.82, 2.24) is 23.2 Å². The van der Waals surface area contributed by atoms with Crippen molar-refractivity contribution >= 4 is 46.9 Å². The Morgan fingerprint density at radius 2 is 0.786 bits per heavy atom. The molecule has 0 amide bonds. The Bertz CT molecular complexity index is 1210. The molecule has 0 N–H and O–H groups in total. The maximum Gasteiger partial charge on any atom is 0.109 e. The Balaban J connectivity index is 1.65. The number of morpholine rings is 4. The summed E-state index contributed by atoms with van der Waals surface area (Å²) in [6.07, 6.45) is -4.94. The highest BCUT2D eigenvalue weighted by Gasteiger charge is 2.47. The Labute approximate surface area is 261 Å². The third-order valence-electron chi connectivity index (χ3n) is 8.94. The van der Waals surface area contributed by atoms with Crippen LogP contribution >= 0.6 is 12.7 Å². The second-order valence-electron chi connectivity index (χ2n) is 11.4. The lowest BCUT2D eigenvalue weighted by molar-refractivity contribution is 0.0585. The van der Waals surface area contributed by atoms with Gasteiger partial charge in [-0.2, -0.15) is 0 Å². The van der Waals surface area contributed by atoms with Gasteiger partial charge in [0.2, 0.25) is 0 Å². The molecule has 5 heterocycles. The Kier molecular flexibility index (Phi) is 10.1. The van der Waals surface area contributed by atoms with Gasteiger partial charge in [0, 0.05) is 80.0 Å². The summed E-state index contributed by atoms with van der Waals surface area (Å²) in [6, 6.07) is 8.88. The fraction of sp³-hybridized carbons (Fsp3) is 0.655. The quantitative estimate of drug-likeness (QED) is 0.417. The van der Waals surface area contributed by atoms with Crippen molar-refractivity contribution in [2.24, 2.45) is 0 Å². The second-order valence-corrected chi connectivity index (χ2v) is 19.8. The van der Waals surface area contributed by atoms with Gasteiger partial charge in [0.15, 0.2) is 0 Å². The monoisotopic (exact) mass is 653 g/mol. The molecule has 4 saturated heterocycles. The van der Waals surface area contributed by atoms with Gasteiger partial charge in [-0.05, 0) is 32.9 Å². The molecule has 13 heteroatoms. The van der Waals surface area contributed by atoms with Crippen molar-refractivity contribution in [2.45, 2.75) is 20.8 Å². The Morgan fingerprint density at radius 1 is 0.500 bits per heavy atom. The average Bonchev–Trinajstić information content (AvgIpc) is 3.32. The predicted octanol–water partition coefficient (Wildman–Crippen LogP) is 2.60. The summed E-state index contributed by atoms with van der Waals surface area (Å²) in [5.41, 5.74) is 4.87. The van der Waals surface area contributed by atoms with Crippen LogP contribution in [0.3, 0.4) is 0 Å². The lowest BCUT2D eigenvalue weighted by Crippen LogP contribution is -2.52. The third-order valence-corrected chi connectivity index (χ3v) is 19.9. The number of aromatic nitrogens is 1. The highest BCUT2D eigenvalue weighted by atomic mass is 32.4. The van der Waals surface area contributed by atoms with E-state index in [1.807, 2.05) is 0 Å². The van der Waals surface area contributed by atoms with E-state index in [2.05, 4.69) is 68.3 Å². The molecule has 0 unspecified atom stereocenters. The van der Waals surface area contributed by atoms with E-state index < -0.39 is 12.7 Å². The molecule has 0 spiro atoms. The second kappa shape index (κ2) is 13.5. The number of aryl methyl sites for hydroxylation is 1. The van der Waals surface area contributed by atoms with Gasteiger partial charge in [0.25, 0.3) is 0 Å². The number of nitrogens with zero attached hydrogens (tertiary/aromatic N) is 5. The minimum absolute atomic E-state index is 0.704. The average molecular weight is 654 g/mol. The normalized spacial score (nSPS) is 22.9. The molecule has 0 atom stereocenters. The van der Waals surface area contributed by atoms with Gasteiger partial charge in [0.1, 0.15) is 12.7 Å². The largest absolute Gasteiger partial charge is 0.379 e. The van der Waals surface area contributed by atoms with Crippen LogP contribution in [0, 0.1) is 20.8 Å². The molecule has 1 aromatic carbocycles. The van der Waals surface area contributed by atoms with Crippen molar-refractivity contribution in [3.8, 4) is 5.69 Å². The van der Waals surface area contributed by atoms with Crippen molar-refractivity contribution in [3.63, 3.8) is 0 Å². The van der Waals surface area contributed by atoms with E-state index in [0.717, 1.165) is 52.4 Å². The summed E-state index contributed by atoms with van der Waals surface area (Å²) in [4.78, 5) is 0. The standard InChI is InChI=1S/C29H45N5O4P2S2/c1-24-4-6-27(7-5-24)34-25(2)28(39(41,30-8-16-35-17-9-30)31-10-18-36-19-11-31)29(26(34)3)40(42,32-12-20-37-21-13-32)33-14-22-38-23-15-33/h4-7H,8-23H2,1-3H3. The molecule has 9 nitrogen and oxygen atoms in total. The van der Waals surface area contributed by atoms with Crippen LogP contribution in [-0.4, -0.2) is 128 Å². The third kappa shape index (κ3) is 5.68. The topological polar surface area (TPSA) is 54.8 Å². The first kappa shape index (κ1) is 31.5. The van der Waals surface area contributed by atoms with Crippen LogP contribution in [0.15, 0.2) is 24.3 Å². The fourth-order valence-corrected chi connectivity index (χ4v) is 17.9. The zero-order valence-electron chi connectivity index (χ0n) is 25.2. The summed E-state index contributed by atoms with van der Waals surface area (Å²) in [5.74, 6) is 0. The minimum atomic E-state index is -2.47. The van der Waals surface area contributed by atoms with Crippen LogP contribution in [0.1, 0.15) is 17.0 Å². The van der Waals surface area contributed by atoms with E-state index >= 15 is 0 Å². The summed E-state index contributed by atoms with van der Waals surface area (Å²) in [5, 5.41) is 2.61. The SMILES string of the molecule is Cc1ccc(-n2c(C)c(P(=S)(N3CCOCC3)N3CCOCC3)c(P(=S)(N3CCOCC3)N3CCOCC3)c2C)cc1. The van der Waals surface area contributed by atoms with Crippen LogP contribution in [0.2, 0.25) is 0 Å². The summed E-state index contributed by atoms with van der Waals surface area (Å²) in [6.45, 7) is 19.0. The lowest BCUT2D eigenvalue weighted by atomic mass is 10.2. The van der Waals surface area contributed by atoms with Crippen LogP contribution in [-0.2, 0) is 42.6 Å². The number of hydrogen-bond acceptors (Lipinski definition) is 6. The van der Waals surface area contributed by atoms with E-state index in [9.17, 15) is 0 Å². The maximum atomic E-state index is 7.12. The first-order valence-electron chi connectivity index (χ1n) is 15.2. The molecule has 1 aromatic heterocycles. The summed E-state index contributed by atoms with van der Waals surface area (Å²) in [7, 11) is 0. The van der Waals surface area contributed by atoms with E-state index in [1.165, 1.54) is 33.2 Å². The Hall–Kier alpha value is -0.520. The molecule has 0 saturated carbocycles. The zero-order valence-corrected chi connectivity index (χ0v) is 28.6. The maximum absolute atomic E-state index is 7.12. The molecule has 6 rings (SSSR count). The molecule has 4 fully saturated rings. The molecule has 232 valence electrons. The first-order valence-corrected chi connectivity index (χ1v) is 20.6. The van der Waals surface area contributed by atoms with Gasteiger partial charge >= 0.3 is 0 Å². The number of hydrogen-bond donors (Lipinski definition) is 0. The molecular formula is C29H45N5O4P2S2. The highest BCUT2D eigenvalue weighted by molar-refractivity contribution is 8.19. The van der Waals surface area contributed by atoms with E-state index in [4.69, 9.17) is 42.6 Å². The lowest BCUT2D eigenvalue weighted by Gasteiger charge is -2.49. The number of ether oxygens (including phenoxy) is 4. The molecule has 0 bridgehead atoms. The molecule has 42 heavy (non-hydrogen) atoms.